The van der Waals surface area contributed by atoms with Crippen LogP contribution in [0, 0.1) is 18.3 Å². The van der Waals surface area contributed by atoms with Gasteiger partial charge < -0.3 is 15.8 Å². The summed E-state index contributed by atoms with van der Waals surface area (Å²) in [6, 6.07) is 8.53. The summed E-state index contributed by atoms with van der Waals surface area (Å²) in [5, 5.41) is 3.16. The van der Waals surface area contributed by atoms with E-state index in [2.05, 4.69) is 36.5 Å². The first-order valence-electron chi connectivity index (χ1n) is 9.23. The first-order chi connectivity index (χ1) is 11.6. The average Bonchev–Trinajstić information content (AvgIpc) is 2.63. The van der Waals surface area contributed by atoms with E-state index in [-0.39, 0.29) is 12.0 Å². The molecule has 2 atom stereocenters. The highest BCUT2D eigenvalue weighted by atomic mass is 16.5. The molecule has 4 nitrogen and oxygen atoms in total. The molecule has 1 aromatic carbocycles. The van der Waals surface area contributed by atoms with Crippen LogP contribution >= 0.6 is 0 Å². The van der Waals surface area contributed by atoms with Gasteiger partial charge in [-0.25, -0.2) is 0 Å². The molecule has 0 bridgehead atoms. The lowest BCUT2D eigenvalue weighted by atomic mass is 9.81. The fourth-order valence-corrected chi connectivity index (χ4v) is 3.54. The van der Waals surface area contributed by atoms with Gasteiger partial charge in [0.05, 0.1) is 11.5 Å². The van der Waals surface area contributed by atoms with Gasteiger partial charge in [-0.3, -0.25) is 4.79 Å². The molecule has 1 amide bonds. The maximum atomic E-state index is 12.7. The molecule has 0 aromatic heterocycles. The van der Waals surface area contributed by atoms with E-state index in [9.17, 15) is 4.79 Å². The average molecular weight is 332 g/mol. The van der Waals surface area contributed by atoms with E-state index in [0.717, 1.165) is 32.3 Å². The molecule has 2 unspecified atom stereocenters. The molecule has 134 valence electrons. The van der Waals surface area contributed by atoms with Crippen LogP contribution in [0.1, 0.15) is 56.8 Å². The molecule has 24 heavy (non-hydrogen) atoms. The molecule has 0 aliphatic carbocycles. The second kappa shape index (κ2) is 8.63. The van der Waals surface area contributed by atoms with Gasteiger partial charge in [-0.1, -0.05) is 43.7 Å². The molecule has 1 saturated heterocycles. The van der Waals surface area contributed by atoms with Crippen LogP contribution < -0.4 is 11.1 Å². The van der Waals surface area contributed by atoms with Crippen LogP contribution in [0.2, 0.25) is 0 Å². The van der Waals surface area contributed by atoms with Gasteiger partial charge in [0.15, 0.2) is 0 Å². The Kier molecular flexibility index (Phi) is 6.81. The number of rotatable bonds is 7. The highest BCUT2D eigenvalue weighted by molar-refractivity contribution is 5.82. The third-order valence-corrected chi connectivity index (χ3v) is 5.60. The van der Waals surface area contributed by atoms with Gasteiger partial charge in [0, 0.05) is 25.6 Å². The van der Waals surface area contributed by atoms with Crippen molar-refractivity contribution in [2.24, 2.45) is 17.1 Å². The van der Waals surface area contributed by atoms with Crippen LogP contribution in [0.3, 0.4) is 0 Å². The van der Waals surface area contributed by atoms with Crippen molar-refractivity contribution in [2.45, 2.75) is 52.6 Å². The Morgan fingerprint density at radius 1 is 1.29 bits per heavy atom. The summed E-state index contributed by atoms with van der Waals surface area (Å²) < 4.78 is 6.04. The third kappa shape index (κ3) is 4.17. The van der Waals surface area contributed by atoms with Crippen LogP contribution in [0.25, 0.3) is 0 Å². The molecule has 2 rings (SSSR count). The van der Waals surface area contributed by atoms with Gasteiger partial charge in [-0.15, -0.1) is 0 Å². The Balaban J connectivity index is 2.03. The fourth-order valence-electron chi connectivity index (χ4n) is 3.54. The minimum absolute atomic E-state index is 0.0650. The molecule has 0 spiro atoms. The number of hydrogen-bond donors (Lipinski definition) is 2. The number of ether oxygens (including phenoxy) is 1. The highest BCUT2D eigenvalue weighted by Crippen LogP contribution is 2.34. The number of nitrogens with two attached hydrogens (primary N) is 1. The Labute approximate surface area is 146 Å². The van der Waals surface area contributed by atoms with Crippen molar-refractivity contribution in [3.8, 4) is 0 Å². The zero-order valence-corrected chi connectivity index (χ0v) is 15.3. The number of benzene rings is 1. The van der Waals surface area contributed by atoms with Crippen molar-refractivity contribution >= 4 is 5.91 Å². The molecule has 1 fully saturated rings. The van der Waals surface area contributed by atoms with Gasteiger partial charge in [0.2, 0.25) is 5.91 Å². The van der Waals surface area contributed by atoms with Crippen molar-refractivity contribution in [1.29, 1.82) is 0 Å². The monoisotopic (exact) mass is 332 g/mol. The molecule has 1 aliphatic rings. The predicted molar refractivity (Wildman–Crippen MR) is 97.7 cm³/mol. The van der Waals surface area contributed by atoms with Crippen LogP contribution in [-0.4, -0.2) is 25.6 Å². The Hall–Kier alpha value is -1.39. The summed E-state index contributed by atoms with van der Waals surface area (Å²) in [5.41, 5.74) is 7.90. The minimum atomic E-state index is -0.436. The molecule has 0 saturated carbocycles. The lowest BCUT2D eigenvalue weighted by Crippen LogP contribution is -2.47. The summed E-state index contributed by atoms with van der Waals surface area (Å²) in [4.78, 5) is 12.7. The first-order valence-corrected chi connectivity index (χ1v) is 9.23. The maximum Gasteiger partial charge on any atom is 0.227 e. The second-order valence-electron chi connectivity index (χ2n) is 7.01. The van der Waals surface area contributed by atoms with Crippen LogP contribution in [0.5, 0.6) is 0 Å². The van der Waals surface area contributed by atoms with Crippen molar-refractivity contribution in [3.05, 3.63) is 35.4 Å². The Bertz CT molecular complexity index is 515. The summed E-state index contributed by atoms with van der Waals surface area (Å²) in [7, 11) is 0. The maximum absolute atomic E-state index is 12.7. The third-order valence-electron chi connectivity index (χ3n) is 5.60. The predicted octanol–water partition coefficient (Wildman–Crippen LogP) is 3.34. The van der Waals surface area contributed by atoms with Crippen molar-refractivity contribution in [3.63, 3.8) is 0 Å². The lowest BCUT2D eigenvalue weighted by Gasteiger charge is -2.34. The molecule has 0 radical (unpaired) electrons. The largest absolute Gasteiger partial charge is 0.373 e. The zero-order chi connectivity index (χ0) is 17.6. The van der Waals surface area contributed by atoms with Gasteiger partial charge in [-0.05, 0) is 38.2 Å². The highest BCUT2D eigenvalue weighted by Gasteiger charge is 2.34. The Morgan fingerprint density at radius 3 is 2.54 bits per heavy atom. The topological polar surface area (TPSA) is 64.4 Å². The fraction of sp³-hybridized carbons (Fsp3) is 0.650. The standard InChI is InChI=1S/C20H32N2O2/c1-4-20(5-2,14-21)19(23)22-13-17-7-6-12-24-18(17)16-10-8-15(3)9-11-16/h8-11,17-18H,4-7,12-14,21H2,1-3H3,(H,22,23). The number of carbonyl (C=O) groups is 1. The Morgan fingerprint density at radius 2 is 1.96 bits per heavy atom. The lowest BCUT2D eigenvalue weighted by molar-refractivity contribution is -0.131. The van der Waals surface area contributed by atoms with E-state index >= 15 is 0 Å². The number of carbonyl (C=O) groups excluding carboxylic acids is 1. The summed E-state index contributed by atoms with van der Waals surface area (Å²) in [6.07, 6.45) is 3.73. The number of nitrogens with one attached hydrogen (secondary N) is 1. The van der Waals surface area contributed by atoms with Crippen LogP contribution in [0.15, 0.2) is 24.3 Å². The van der Waals surface area contributed by atoms with Crippen LogP contribution in [-0.2, 0) is 9.53 Å². The van der Waals surface area contributed by atoms with Gasteiger partial charge in [0.1, 0.15) is 0 Å². The molecule has 1 aromatic rings. The van der Waals surface area contributed by atoms with E-state index in [1.807, 2.05) is 13.8 Å². The normalized spacial score (nSPS) is 21.5. The smallest absolute Gasteiger partial charge is 0.227 e. The van der Waals surface area contributed by atoms with E-state index in [1.165, 1.54) is 11.1 Å². The summed E-state index contributed by atoms with van der Waals surface area (Å²) in [6.45, 7) is 8.00. The van der Waals surface area contributed by atoms with Gasteiger partial charge in [-0.2, -0.15) is 0 Å². The molecular weight excluding hydrogens is 300 g/mol. The van der Waals surface area contributed by atoms with Crippen molar-refractivity contribution in [1.82, 2.24) is 5.32 Å². The molecule has 1 aliphatic heterocycles. The number of amides is 1. The quantitative estimate of drug-likeness (QED) is 0.805. The molecule has 3 N–H and O–H groups in total. The summed E-state index contributed by atoms with van der Waals surface area (Å²) in [5.74, 6) is 0.401. The second-order valence-corrected chi connectivity index (χ2v) is 7.01. The van der Waals surface area contributed by atoms with E-state index < -0.39 is 5.41 Å². The molecule has 1 heterocycles. The first kappa shape index (κ1) is 18.9. The van der Waals surface area contributed by atoms with Gasteiger partial charge in [0.25, 0.3) is 0 Å². The SMILES string of the molecule is CCC(CC)(CN)C(=O)NCC1CCCOC1c1ccc(C)cc1. The van der Waals surface area contributed by atoms with E-state index in [1.54, 1.807) is 0 Å². The molecular formula is C20H32N2O2. The molecule has 4 heteroatoms. The number of hydrogen-bond acceptors (Lipinski definition) is 3. The van der Waals surface area contributed by atoms with E-state index in [0.29, 0.717) is 19.0 Å². The van der Waals surface area contributed by atoms with Crippen molar-refractivity contribution < 1.29 is 9.53 Å². The number of aryl methyl sites for hydroxylation is 1. The van der Waals surface area contributed by atoms with Gasteiger partial charge >= 0.3 is 0 Å². The van der Waals surface area contributed by atoms with E-state index in [4.69, 9.17) is 10.5 Å². The van der Waals surface area contributed by atoms with Crippen molar-refractivity contribution in [2.75, 3.05) is 19.7 Å². The van der Waals surface area contributed by atoms with Crippen LogP contribution in [0.4, 0.5) is 0 Å². The minimum Gasteiger partial charge on any atom is -0.373 e. The summed E-state index contributed by atoms with van der Waals surface area (Å²) >= 11 is 0. The zero-order valence-electron chi connectivity index (χ0n) is 15.3.